The van der Waals surface area contributed by atoms with Crippen LogP contribution in [0.15, 0.2) is 12.1 Å². The average Bonchev–Trinajstić information content (AvgIpc) is 2.64. The van der Waals surface area contributed by atoms with Crippen molar-refractivity contribution in [1.82, 2.24) is 0 Å². The van der Waals surface area contributed by atoms with Gasteiger partial charge >= 0.3 is 0 Å². The van der Waals surface area contributed by atoms with E-state index in [1.807, 2.05) is 24.8 Å². The summed E-state index contributed by atoms with van der Waals surface area (Å²) >= 11 is 1.82. The molecule has 0 bridgehead atoms. The van der Waals surface area contributed by atoms with E-state index in [1.165, 1.54) is 5.56 Å². The quantitative estimate of drug-likeness (QED) is 0.877. The maximum absolute atomic E-state index is 10.9. The molecule has 0 radical (unpaired) electrons. The van der Waals surface area contributed by atoms with Gasteiger partial charge in [-0.3, -0.25) is 0 Å². The Kier molecular flexibility index (Phi) is 3.41. The number of aryl methyl sites for hydroxylation is 1. The first-order valence-corrected chi connectivity index (χ1v) is 7.04. The second-order valence-electron chi connectivity index (χ2n) is 4.78. The molecule has 0 amide bonds. The Morgan fingerprint density at radius 1 is 1.41 bits per heavy atom. The number of thioether (sulfide) groups is 1. The van der Waals surface area contributed by atoms with Gasteiger partial charge in [-0.05, 0) is 37.1 Å². The van der Waals surface area contributed by atoms with Crippen LogP contribution in [-0.2, 0) is 5.60 Å². The van der Waals surface area contributed by atoms with Crippen molar-refractivity contribution in [3.63, 3.8) is 0 Å². The molecule has 0 aliphatic carbocycles. The molecular formula is C14H20O2S. The van der Waals surface area contributed by atoms with Crippen LogP contribution in [-0.4, -0.2) is 23.2 Å². The van der Waals surface area contributed by atoms with Crippen molar-refractivity contribution in [2.45, 2.75) is 38.0 Å². The van der Waals surface area contributed by atoms with Gasteiger partial charge in [-0.15, -0.1) is 0 Å². The molecule has 1 N–H and O–H groups in total. The van der Waals surface area contributed by atoms with E-state index in [9.17, 15) is 5.11 Å². The fourth-order valence-corrected chi connectivity index (χ4v) is 3.78. The molecule has 1 aliphatic rings. The molecule has 1 aliphatic heterocycles. The number of hydrogen-bond donors (Lipinski definition) is 1. The van der Waals surface area contributed by atoms with Gasteiger partial charge in [0.05, 0.1) is 7.11 Å². The molecule has 0 spiro atoms. The van der Waals surface area contributed by atoms with Crippen molar-refractivity contribution in [3.05, 3.63) is 28.8 Å². The molecule has 3 heteroatoms. The molecular weight excluding hydrogens is 232 g/mol. The van der Waals surface area contributed by atoms with E-state index in [0.717, 1.165) is 29.1 Å². The third kappa shape index (κ3) is 1.95. The zero-order chi connectivity index (χ0) is 12.6. The standard InChI is InChI=1S/C14H20O2S/c1-9-5-6-12(13(16-4)10(9)2)14(15)7-8-17-11(14)3/h5-6,11,15H,7-8H2,1-4H3. The maximum Gasteiger partial charge on any atom is 0.128 e. The lowest BCUT2D eigenvalue weighted by Gasteiger charge is -2.30. The summed E-state index contributed by atoms with van der Waals surface area (Å²) in [6.07, 6.45) is 0.803. The third-order valence-corrected chi connectivity index (χ3v) is 5.20. The zero-order valence-electron chi connectivity index (χ0n) is 10.9. The molecule has 1 fully saturated rings. The Balaban J connectivity index is 2.56. The second kappa shape index (κ2) is 4.54. The van der Waals surface area contributed by atoms with E-state index in [-0.39, 0.29) is 5.25 Å². The Hall–Kier alpha value is -0.670. The SMILES string of the molecule is COc1c(C2(O)CCSC2C)ccc(C)c1C. The maximum atomic E-state index is 10.9. The molecule has 2 atom stereocenters. The van der Waals surface area contributed by atoms with E-state index in [4.69, 9.17) is 4.74 Å². The van der Waals surface area contributed by atoms with Crippen LogP contribution >= 0.6 is 11.8 Å². The van der Waals surface area contributed by atoms with E-state index < -0.39 is 5.60 Å². The summed E-state index contributed by atoms with van der Waals surface area (Å²) in [5.41, 5.74) is 2.53. The summed E-state index contributed by atoms with van der Waals surface area (Å²) in [5.74, 6) is 1.86. The smallest absolute Gasteiger partial charge is 0.128 e. The van der Waals surface area contributed by atoms with Gasteiger partial charge in [0.15, 0.2) is 0 Å². The summed E-state index contributed by atoms with van der Waals surface area (Å²) in [6.45, 7) is 6.21. The number of aliphatic hydroxyl groups is 1. The summed E-state index contributed by atoms with van der Waals surface area (Å²) in [7, 11) is 1.68. The molecule has 0 saturated carbocycles. The fourth-order valence-electron chi connectivity index (χ4n) is 2.48. The molecule has 1 aromatic carbocycles. The number of rotatable bonds is 2. The van der Waals surface area contributed by atoms with E-state index in [1.54, 1.807) is 7.11 Å². The molecule has 1 heterocycles. The van der Waals surface area contributed by atoms with Crippen LogP contribution in [0.5, 0.6) is 5.75 Å². The lowest BCUT2D eigenvalue weighted by molar-refractivity contribution is 0.0401. The highest BCUT2D eigenvalue weighted by Gasteiger charge is 2.42. The van der Waals surface area contributed by atoms with E-state index >= 15 is 0 Å². The number of methoxy groups -OCH3 is 1. The first kappa shape index (κ1) is 12.8. The first-order chi connectivity index (χ1) is 8.00. The highest BCUT2D eigenvalue weighted by atomic mass is 32.2. The Morgan fingerprint density at radius 3 is 2.65 bits per heavy atom. The van der Waals surface area contributed by atoms with Gasteiger partial charge in [0.1, 0.15) is 11.4 Å². The predicted molar refractivity (Wildman–Crippen MR) is 72.9 cm³/mol. The van der Waals surface area contributed by atoms with Crippen LogP contribution in [0.4, 0.5) is 0 Å². The number of hydrogen-bond acceptors (Lipinski definition) is 3. The van der Waals surface area contributed by atoms with Crippen molar-refractivity contribution in [3.8, 4) is 5.75 Å². The minimum absolute atomic E-state index is 0.221. The predicted octanol–water partition coefficient (Wildman–Crippen LogP) is 3.03. The van der Waals surface area contributed by atoms with Gasteiger partial charge in [0.2, 0.25) is 0 Å². The molecule has 94 valence electrons. The van der Waals surface area contributed by atoms with Crippen molar-refractivity contribution in [1.29, 1.82) is 0 Å². The number of benzene rings is 1. The Morgan fingerprint density at radius 2 is 2.12 bits per heavy atom. The molecule has 2 nitrogen and oxygen atoms in total. The lowest BCUT2D eigenvalue weighted by Crippen LogP contribution is -2.32. The number of ether oxygens (including phenoxy) is 1. The Labute approximate surface area is 107 Å². The second-order valence-corrected chi connectivity index (χ2v) is 6.22. The topological polar surface area (TPSA) is 29.5 Å². The molecule has 2 rings (SSSR count). The van der Waals surface area contributed by atoms with Crippen LogP contribution in [0.3, 0.4) is 0 Å². The zero-order valence-corrected chi connectivity index (χ0v) is 11.7. The van der Waals surface area contributed by atoms with Gasteiger partial charge in [-0.25, -0.2) is 0 Å². The summed E-state index contributed by atoms with van der Waals surface area (Å²) in [5, 5.41) is 11.1. The Bertz CT molecular complexity index is 430. The van der Waals surface area contributed by atoms with Crippen molar-refractivity contribution >= 4 is 11.8 Å². The van der Waals surface area contributed by atoms with Crippen LogP contribution in [0.2, 0.25) is 0 Å². The van der Waals surface area contributed by atoms with Gasteiger partial charge in [-0.1, -0.05) is 19.1 Å². The van der Waals surface area contributed by atoms with Crippen LogP contribution in [0, 0.1) is 13.8 Å². The third-order valence-electron chi connectivity index (χ3n) is 3.87. The van der Waals surface area contributed by atoms with Gasteiger partial charge < -0.3 is 9.84 Å². The highest BCUT2D eigenvalue weighted by molar-refractivity contribution is 8.00. The van der Waals surface area contributed by atoms with Crippen molar-refractivity contribution in [2.75, 3.05) is 12.9 Å². The summed E-state index contributed by atoms with van der Waals surface area (Å²) < 4.78 is 5.51. The van der Waals surface area contributed by atoms with Gasteiger partial charge in [-0.2, -0.15) is 11.8 Å². The molecule has 17 heavy (non-hydrogen) atoms. The highest BCUT2D eigenvalue weighted by Crippen LogP contribution is 2.47. The monoisotopic (exact) mass is 252 g/mol. The lowest BCUT2D eigenvalue weighted by atomic mass is 9.86. The molecule has 0 aromatic heterocycles. The largest absolute Gasteiger partial charge is 0.496 e. The molecule has 2 unspecified atom stereocenters. The van der Waals surface area contributed by atoms with Crippen LogP contribution < -0.4 is 4.74 Å². The van der Waals surface area contributed by atoms with Crippen molar-refractivity contribution in [2.24, 2.45) is 0 Å². The summed E-state index contributed by atoms with van der Waals surface area (Å²) in [6, 6.07) is 4.09. The minimum Gasteiger partial charge on any atom is -0.496 e. The molecule has 1 aromatic rings. The van der Waals surface area contributed by atoms with Gasteiger partial charge in [0, 0.05) is 10.8 Å². The van der Waals surface area contributed by atoms with Crippen LogP contribution in [0.25, 0.3) is 0 Å². The summed E-state index contributed by atoms with van der Waals surface area (Å²) in [4.78, 5) is 0. The fraction of sp³-hybridized carbons (Fsp3) is 0.571. The molecule has 1 saturated heterocycles. The van der Waals surface area contributed by atoms with E-state index in [0.29, 0.717) is 0 Å². The first-order valence-electron chi connectivity index (χ1n) is 5.99. The normalized spacial score (nSPS) is 28.4. The van der Waals surface area contributed by atoms with Gasteiger partial charge in [0.25, 0.3) is 0 Å². The van der Waals surface area contributed by atoms with Crippen LogP contribution in [0.1, 0.15) is 30.0 Å². The van der Waals surface area contributed by atoms with Crippen molar-refractivity contribution < 1.29 is 9.84 Å². The van der Waals surface area contributed by atoms with E-state index in [2.05, 4.69) is 19.9 Å². The average molecular weight is 252 g/mol. The minimum atomic E-state index is -0.742.